The van der Waals surface area contributed by atoms with Gasteiger partial charge >= 0.3 is 0 Å². The minimum absolute atomic E-state index is 0.246. The summed E-state index contributed by atoms with van der Waals surface area (Å²) in [6, 6.07) is 7.82. The smallest absolute Gasteiger partial charge is 0.150 e. The van der Waals surface area contributed by atoms with E-state index in [1.165, 1.54) is 33.1 Å². The highest BCUT2D eigenvalue weighted by Gasteiger charge is 2.10. The Morgan fingerprint density at radius 3 is 1.77 bits per heavy atom. The summed E-state index contributed by atoms with van der Waals surface area (Å²) in [6.45, 7) is 41.5. The number of hydrogen-bond donors (Lipinski definition) is 3. The molecule has 0 spiro atoms. The van der Waals surface area contributed by atoms with Crippen molar-refractivity contribution in [3.63, 3.8) is 0 Å². The fourth-order valence-corrected chi connectivity index (χ4v) is 6.31. The lowest BCUT2D eigenvalue weighted by Gasteiger charge is -2.15. The van der Waals surface area contributed by atoms with Crippen LogP contribution < -0.4 is 17.3 Å². The molecule has 0 atom stereocenters. The van der Waals surface area contributed by atoms with Crippen molar-refractivity contribution in [1.29, 1.82) is 0 Å². The van der Waals surface area contributed by atoms with Crippen LogP contribution in [0.5, 0.6) is 0 Å². The van der Waals surface area contributed by atoms with Crippen molar-refractivity contribution in [2.24, 2.45) is 34.2 Å². The molecule has 0 saturated heterocycles. The lowest BCUT2D eigenvalue weighted by Crippen LogP contribution is -2.17. The van der Waals surface area contributed by atoms with Crippen molar-refractivity contribution in [2.75, 3.05) is 0 Å². The molecule has 0 unspecified atom stereocenters. The fraction of sp³-hybridized carbons (Fsp3) is 0.535. The van der Waals surface area contributed by atoms with Gasteiger partial charge in [0.15, 0.2) is 5.84 Å². The van der Waals surface area contributed by atoms with Crippen LogP contribution in [0.2, 0.25) is 0 Å². The second kappa shape index (κ2) is 38.9. The first kappa shape index (κ1) is 54.9. The first-order chi connectivity index (χ1) is 23.0. The highest BCUT2D eigenvalue weighted by Crippen LogP contribution is 2.26. The molecule has 0 amide bonds. The van der Waals surface area contributed by atoms with Gasteiger partial charge in [0.25, 0.3) is 0 Å². The van der Waals surface area contributed by atoms with Crippen molar-refractivity contribution >= 4 is 35.8 Å². The second-order valence-electron chi connectivity index (χ2n) is 10.3. The molecule has 4 nitrogen and oxygen atoms in total. The van der Waals surface area contributed by atoms with Gasteiger partial charge in [-0.25, -0.2) is 0 Å². The van der Waals surface area contributed by atoms with Gasteiger partial charge in [0.2, 0.25) is 0 Å². The van der Waals surface area contributed by atoms with Crippen LogP contribution in [0.4, 0.5) is 0 Å². The van der Waals surface area contributed by atoms with Crippen molar-refractivity contribution < 1.29 is 0 Å². The predicted octanol–water partition coefficient (Wildman–Crippen LogP) is 13.6. The van der Waals surface area contributed by atoms with Crippen molar-refractivity contribution in [1.82, 2.24) is 0 Å². The topological polar surface area (TPSA) is 90.4 Å². The average molecular weight is 779 g/mol. The second-order valence-corrected chi connectivity index (χ2v) is 13.5. The summed E-state index contributed by atoms with van der Waals surface area (Å²) in [5, 5.41) is 3.58. The molecule has 0 aliphatic carbocycles. The van der Waals surface area contributed by atoms with Gasteiger partial charge in [0, 0.05) is 5.56 Å². The Morgan fingerprint density at radius 2 is 1.38 bits per heavy atom. The zero-order valence-electron chi connectivity index (χ0n) is 34.4. The molecule has 1 aromatic carbocycles. The van der Waals surface area contributed by atoms with Crippen LogP contribution >= 0.6 is 20.7 Å². The first-order valence-electron chi connectivity index (χ1n) is 18.5. The van der Waals surface area contributed by atoms with Crippen LogP contribution in [-0.4, -0.2) is 9.47 Å². The van der Waals surface area contributed by atoms with Crippen molar-refractivity contribution in [2.45, 2.75) is 143 Å². The summed E-state index contributed by atoms with van der Waals surface area (Å²) in [5.74, 6) is 6.62. The maximum atomic E-state index is 6.44. The molecule has 0 heterocycles. The predicted molar refractivity (Wildman–Crippen MR) is 237 cm³/mol. The Morgan fingerprint density at radius 1 is 0.854 bits per heavy atom. The molecule has 1 rings (SSSR count). The highest BCUT2D eigenvalue weighted by molar-refractivity contribution is 14.2. The summed E-state index contributed by atoms with van der Waals surface area (Å²) in [6.07, 6.45) is 16.2. The number of halogens is 1. The number of hydrogen-bond acceptors (Lipinski definition) is 3. The van der Waals surface area contributed by atoms with Gasteiger partial charge in [-0.3, -0.25) is 5.73 Å². The third kappa shape index (κ3) is 25.5. The maximum Gasteiger partial charge on any atom is 0.150 e. The number of unbranched alkanes of at least 4 members (excludes halogenated alkanes) is 1. The third-order valence-electron chi connectivity index (χ3n) is 6.43. The van der Waals surface area contributed by atoms with E-state index in [1.54, 1.807) is 0 Å². The summed E-state index contributed by atoms with van der Waals surface area (Å²) in [7, 11) is 0. The Kier molecular flexibility index (Phi) is 44.5. The van der Waals surface area contributed by atoms with Crippen molar-refractivity contribution in [3.05, 3.63) is 99.2 Å². The molecule has 5 heteroatoms. The molecule has 6 N–H and O–H groups in total. The molecule has 0 fully saturated rings. The van der Waals surface area contributed by atoms with E-state index in [4.69, 9.17) is 17.3 Å². The zero-order valence-corrected chi connectivity index (χ0v) is 36.5. The number of hydrazone groups is 1. The molecule has 0 aliphatic rings. The SMILES string of the molecule is C=C(CCCC)I=C(N)C(/C=C\CC)=C(/CC)C(C)C.C=C/C(=C\C=C(/C)c1ccccc1/C(N)=N/N)C(C)C.CC.CC.CC.CC. The number of amidine groups is 1. The van der Waals surface area contributed by atoms with Gasteiger partial charge in [0.1, 0.15) is 0 Å². The van der Waals surface area contributed by atoms with Crippen LogP contribution in [0.3, 0.4) is 0 Å². The van der Waals surface area contributed by atoms with E-state index in [9.17, 15) is 0 Å². The van der Waals surface area contributed by atoms with Crippen LogP contribution in [0.1, 0.15) is 154 Å². The Balaban J connectivity index is -0.000000212. The lowest BCUT2D eigenvalue weighted by atomic mass is 9.94. The lowest BCUT2D eigenvalue weighted by molar-refractivity contribution is 0.728. The zero-order chi connectivity index (χ0) is 38.7. The molecule has 278 valence electrons. The van der Waals surface area contributed by atoms with E-state index in [2.05, 4.69) is 91.0 Å². The van der Waals surface area contributed by atoms with E-state index in [0.717, 1.165) is 39.6 Å². The van der Waals surface area contributed by atoms with Crippen LogP contribution in [-0.2, 0) is 0 Å². The number of benzene rings is 1. The third-order valence-corrected chi connectivity index (χ3v) is 8.90. The van der Waals surface area contributed by atoms with Gasteiger partial charge in [-0.05, 0) is 70.3 Å². The molecule has 0 radical (unpaired) electrons. The Bertz CT molecular complexity index is 1130. The minimum Gasteiger partial charge on any atom is -0.382 e. The Hall–Kier alpha value is -2.51. The summed E-state index contributed by atoms with van der Waals surface area (Å²) < 4.78 is 2.46. The van der Waals surface area contributed by atoms with E-state index >= 15 is 0 Å². The molecule has 0 aliphatic heterocycles. The highest BCUT2D eigenvalue weighted by atomic mass is 127. The first-order valence-corrected chi connectivity index (χ1v) is 20.6. The summed E-state index contributed by atoms with van der Waals surface area (Å²) >= 11 is -0.246. The number of allylic oxidation sites excluding steroid dienone is 8. The van der Waals surface area contributed by atoms with E-state index in [0.29, 0.717) is 17.7 Å². The Labute approximate surface area is 310 Å². The summed E-state index contributed by atoms with van der Waals surface area (Å²) in [4.78, 5) is 0. The molecular formula is C43H79IN4. The van der Waals surface area contributed by atoms with Crippen LogP contribution in [0.15, 0.2) is 93.2 Å². The average Bonchev–Trinajstić information content (AvgIpc) is 3.12. The molecule has 1 aromatic rings. The summed E-state index contributed by atoms with van der Waals surface area (Å²) in [5.41, 5.74) is 19.2. The largest absolute Gasteiger partial charge is 0.382 e. The molecule has 0 bridgehead atoms. The van der Waals surface area contributed by atoms with Gasteiger partial charge in [-0.15, -0.1) is 0 Å². The van der Waals surface area contributed by atoms with Gasteiger partial charge < -0.3 is 11.6 Å². The molecule has 0 saturated carbocycles. The van der Waals surface area contributed by atoms with Gasteiger partial charge in [-0.1, -0.05) is 204 Å². The number of rotatable bonds is 14. The fourth-order valence-electron chi connectivity index (χ4n) is 4.02. The monoisotopic (exact) mass is 779 g/mol. The van der Waals surface area contributed by atoms with Crippen LogP contribution in [0, 0.1) is 11.8 Å². The standard InChI is InChI=1S/C18H32IN.C17H23N3.4C2H6/c1-7-10-12-15(6)19-18(20)17(13-11-8-2)16(9-3)14(4)5;1-5-14(12(2)3)11-10-13(4)15-8-6-7-9-16(15)17(18)20-19;4*1-2/h11,13-14H,6-10,12,20H2,1-5H3;5-12H,1,19H2,2-4H3,(H2,18,20);4*1-2H3/b13-11-,17-16-;13-10+,14-11+;;;;. The molecular weight excluding hydrogens is 699 g/mol. The maximum absolute atomic E-state index is 6.44. The normalized spacial score (nSPS) is 12.2. The minimum atomic E-state index is -0.246. The van der Waals surface area contributed by atoms with E-state index in [1.807, 2.05) is 92.7 Å². The van der Waals surface area contributed by atoms with Crippen molar-refractivity contribution in [3.8, 4) is 0 Å². The number of nitrogens with zero attached hydrogens (tertiary/aromatic N) is 1. The molecule has 0 aromatic heterocycles. The quantitative estimate of drug-likeness (QED) is 0.0439. The molecule has 48 heavy (non-hydrogen) atoms. The van der Waals surface area contributed by atoms with Gasteiger partial charge in [0.05, 0.1) is 3.63 Å². The van der Waals surface area contributed by atoms with Gasteiger partial charge in [-0.2, -0.15) is 5.10 Å². The van der Waals surface area contributed by atoms with Crippen LogP contribution in [0.25, 0.3) is 5.57 Å². The van der Waals surface area contributed by atoms with E-state index in [-0.39, 0.29) is 20.7 Å². The van der Waals surface area contributed by atoms with E-state index < -0.39 is 0 Å². The number of nitrogens with two attached hydrogens (primary N) is 3.